The van der Waals surface area contributed by atoms with Crippen molar-refractivity contribution in [3.8, 4) is 0 Å². The lowest BCUT2D eigenvalue weighted by atomic mass is 10.1. The van der Waals surface area contributed by atoms with Crippen molar-refractivity contribution in [2.45, 2.75) is 40.2 Å². The number of nitrogens with one attached hydrogen (secondary N) is 1. The number of carbonyl (C=O) groups excluding carboxylic acids is 2. The first-order chi connectivity index (χ1) is 17.9. The van der Waals surface area contributed by atoms with Gasteiger partial charge in [0.1, 0.15) is 5.60 Å². The van der Waals surface area contributed by atoms with Crippen molar-refractivity contribution in [2.24, 2.45) is 0 Å². The second-order valence-corrected chi connectivity index (χ2v) is 10.9. The first-order valence-electron chi connectivity index (χ1n) is 12.7. The van der Waals surface area contributed by atoms with Crippen molar-refractivity contribution in [3.05, 3.63) is 59.4 Å². The molecule has 0 radical (unpaired) electrons. The van der Waals surface area contributed by atoms with E-state index in [-0.39, 0.29) is 17.6 Å². The second kappa shape index (κ2) is 9.34. The molecule has 10 heteroatoms. The van der Waals surface area contributed by atoms with Crippen LogP contribution in [0.4, 0.5) is 20.6 Å². The fourth-order valence-electron chi connectivity index (χ4n) is 4.90. The van der Waals surface area contributed by atoms with E-state index in [1.807, 2.05) is 45.9 Å². The number of amides is 2. The average molecular weight is 521 g/mol. The number of H-pyrrole nitrogens is 1. The molecule has 38 heavy (non-hydrogen) atoms. The Bertz CT molecular complexity index is 1540. The monoisotopic (exact) mass is 520 g/mol. The molecule has 0 spiro atoms. The molecule has 1 aliphatic heterocycles. The van der Waals surface area contributed by atoms with Crippen LogP contribution in [0, 0.1) is 19.7 Å². The third-order valence-electron chi connectivity index (χ3n) is 6.71. The van der Waals surface area contributed by atoms with E-state index in [1.54, 1.807) is 35.7 Å². The first kappa shape index (κ1) is 25.6. The summed E-state index contributed by atoms with van der Waals surface area (Å²) in [5, 5.41) is 0.930. The number of aromatic nitrogens is 3. The molecule has 1 fully saturated rings. The fraction of sp³-hybridized carbons (Fsp3) is 0.393. The van der Waals surface area contributed by atoms with Gasteiger partial charge >= 0.3 is 6.09 Å². The standard InChI is InChI=1S/C28H33FN6O3/c1-17-13-21-23(33-9-11-34(12-10-33)27(37)38-28(3,4)5)8-7-20(24(21)30-17)26(36)32(6)19-14-22(29)25-31-18(2)15-35(25)16-19/h7-8,13-16,30H,9-12H2,1-6H3. The molecule has 200 valence electrons. The Labute approximate surface area is 220 Å². The summed E-state index contributed by atoms with van der Waals surface area (Å²) in [4.78, 5) is 39.0. The molecule has 0 unspecified atom stereocenters. The van der Waals surface area contributed by atoms with Crippen LogP contribution >= 0.6 is 0 Å². The Balaban J connectivity index is 1.40. The zero-order chi connectivity index (χ0) is 27.4. The number of rotatable bonds is 3. The number of aromatic amines is 1. The molecular weight excluding hydrogens is 487 g/mol. The number of hydrogen-bond acceptors (Lipinski definition) is 5. The Kier molecular flexibility index (Phi) is 6.28. The highest BCUT2D eigenvalue weighted by molar-refractivity contribution is 6.15. The number of ether oxygens (including phenoxy) is 1. The van der Waals surface area contributed by atoms with Gasteiger partial charge in [-0.25, -0.2) is 14.2 Å². The molecular formula is C28H33FN6O3. The summed E-state index contributed by atoms with van der Waals surface area (Å²) in [6.45, 7) is 11.7. The highest BCUT2D eigenvalue weighted by Gasteiger charge is 2.28. The number of anilines is 2. The number of imidazole rings is 1. The SMILES string of the molecule is Cc1cn2cc(N(C)C(=O)c3ccc(N4CCN(C(=O)OC(C)(C)C)CC4)c4cc(C)[nH]c34)cc(F)c2n1. The summed E-state index contributed by atoms with van der Waals surface area (Å²) >= 11 is 0. The molecule has 3 aromatic heterocycles. The summed E-state index contributed by atoms with van der Waals surface area (Å²) in [6, 6.07) is 7.11. The lowest BCUT2D eigenvalue weighted by molar-refractivity contribution is 0.0240. The van der Waals surface area contributed by atoms with E-state index in [1.165, 1.54) is 11.0 Å². The maximum absolute atomic E-state index is 14.7. The van der Waals surface area contributed by atoms with Crippen LogP contribution in [0.15, 0.2) is 36.7 Å². The minimum atomic E-state index is -0.534. The molecule has 1 saturated heterocycles. The van der Waals surface area contributed by atoms with Gasteiger partial charge in [0.2, 0.25) is 0 Å². The van der Waals surface area contributed by atoms with Crippen LogP contribution < -0.4 is 9.80 Å². The minimum Gasteiger partial charge on any atom is -0.444 e. The fourth-order valence-corrected chi connectivity index (χ4v) is 4.90. The van der Waals surface area contributed by atoms with E-state index in [9.17, 15) is 14.0 Å². The number of pyridine rings is 1. The molecule has 0 bridgehead atoms. The number of benzene rings is 1. The average Bonchev–Trinajstić information content (AvgIpc) is 3.43. The molecule has 2 amide bonds. The number of hydrogen-bond donors (Lipinski definition) is 1. The Morgan fingerprint density at radius 3 is 2.47 bits per heavy atom. The summed E-state index contributed by atoms with van der Waals surface area (Å²) < 4.78 is 21.8. The van der Waals surface area contributed by atoms with Gasteiger partial charge in [-0.2, -0.15) is 0 Å². The summed E-state index contributed by atoms with van der Waals surface area (Å²) in [6.07, 6.45) is 3.13. The van der Waals surface area contributed by atoms with E-state index in [0.29, 0.717) is 43.1 Å². The van der Waals surface area contributed by atoms with Crippen LogP contribution in [0.1, 0.15) is 42.5 Å². The highest BCUT2D eigenvalue weighted by atomic mass is 19.1. The highest BCUT2D eigenvalue weighted by Crippen LogP contribution is 2.32. The predicted molar refractivity (Wildman–Crippen MR) is 146 cm³/mol. The van der Waals surface area contributed by atoms with Gasteiger partial charge in [-0.15, -0.1) is 0 Å². The quantitative estimate of drug-likeness (QED) is 0.415. The Morgan fingerprint density at radius 1 is 1.08 bits per heavy atom. The van der Waals surface area contributed by atoms with Gasteiger partial charge in [0.05, 0.1) is 22.5 Å². The summed E-state index contributed by atoms with van der Waals surface area (Å²) in [5.74, 6) is -0.745. The van der Waals surface area contributed by atoms with Crippen molar-refractivity contribution in [3.63, 3.8) is 0 Å². The van der Waals surface area contributed by atoms with Crippen LogP contribution in [0.5, 0.6) is 0 Å². The van der Waals surface area contributed by atoms with Gasteiger partial charge in [0.25, 0.3) is 5.91 Å². The van der Waals surface area contributed by atoms with Crippen molar-refractivity contribution in [2.75, 3.05) is 43.0 Å². The van der Waals surface area contributed by atoms with Crippen molar-refractivity contribution in [1.82, 2.24) is 19.3 Å². The van der Waals surface area contributed by atoms with Crippen LogP contribution in [-0.2, 0) is 4.74 Å². The first-order valence-corrected chi connectivity index (χ1v) is 12.7. The topological polar surface area (TPSA) is 86.2 Å². The van der Waals surface area contributed by atoms with E-state index < -0.39 is 11.4 Å². The largest absolute Gasteiger partial charge is 0.444 e. The minimum absolute atomic E-state index is 0.227. The summed E-state index contributed by atoms with van der Waals surface area (Å²) in [5.41, 5.74) is 3.96. The van der Waals surface area contributed by atoms with E-state index in [4.69, 9.17) is 4.74 Å². The van der Waals surface area contributed by atoms with Crippen LogP contribution in [0.3, 0.4) is 0 Å². The number of aryl methyl sites for hydroxylation is 2. The number of halogens is 1. The molecule has 9 nitrogen and oxygen atoms in total. The summed E-state index contributed by atoms with van der Waals surface area (Å²) in [7, 11) is 1.64. The maximum Gasteiger partial charge on any atom is 0.410 e. The lowest BCUT2D eigenvalue weighted by Gasteiger charge is -2.37. The van der Waals surface area contributed by atoms with Gasteiger partial charge < -0.3 is 28.8 Å². The predicted octanol–water partition coefficient (Wildman–Crippen LogP) is 4.91. The second-order valence-electron chi connectivity index (χ2n) is 10.9. The lowest BCUT2D eigenvalue weighted by Crippen LogP contribution is -2.50. The van der Waals surface area contributed by atoms with E-state index >= 15 is 0 Å². The molecule has 5 rings (SSSR count). The number of nitrogens with zero attached hydrogens (tertiary/aromatic N) is 5. The van der Waals surface area contributed by atoms with Gasteiger partial charge in [-0.3, -0.25) is 4.79 Å². The van der Waals surface area contributed by atoms with Crippen LogP contribution in [-0.4, -0.2) is 70.1 Å². The molecule has 1 aromatic carbocycles. The molecule has 0 saturated carbocycles. The van der Waals surface area contributed by atoms with Crippen LogP contribution in [0.25, 0.3) is 16.6 Å². The van der Waals surface area contributed by atoms with Gasteiger partial charge in [0.15, 0.2) is 11.5 Å². The van der Waals surface area contributed by atoms with Crippen molar-refractivity contribution >= 4 is 39.9 Å². The van der Waals surface area contributed by atoms with E-state index in [0.717, 1.165) is 22.3 Å². The third kappa shape index (κ3) is 4.78. The molecule has 0 atom stereocenters. The molecule has 0 aliphatic carbocycles. The van der Waals surface area contributed by atoms with Crippen LogP contribution in [0.2, 0.25) is 0 Å². The molecule has 4 heterocycles. The van der Waals surface area contributed by atoms with Gasteiger partial charge in [-0.05, 0) is 52.8 Å². The zero-order valence-corrected chi connectivity index (χ0v) is 22.6. The zero-order valence-electron chi connectivity index (χ0n) is 22.6. The normalized spacial score (nSPS) is 14.4. The van der Waals surface area contributed by atoms with Gasteiger partial charge in [0, 0.05) is 68.5 Å². The smallest absolute Gasteiger partial charge is 0.410 e. The molecule has 1 aliphatic rings. The van der Waals surface area contributed by atoms with E-state index in [2.05, 4.69) is 14.9 Å². The number of carbonyl (C=O) groups is 2. The van der Waals surface area contributed by atoms with Crippen molar-refractivity contribution < 1.29 is 18.7 Å². The number of piperazine rings is 1. The third-order valence-corrected chi connectivity index (χ3v) is 6.71. The number of fused-ring (bicyclic) bond motifs is 2. The Hall–Kier alpha value is -4.08. The maximum atomic E-state index is 14.7. The molecule has 4 aromatic rings. The Morgan fingerprint density at radius 2 is 1.79 bits per heavy atom. The van der Waals surface area contributed by atoms with Gasteiger partial charge in [-0.1, -0.05) is 0 Å². The molecule has 1 N–H and O–H groups in total. The van der Waals surface area contributed by atoms with Crippen molar-refractivity contribution in [1.29, 1.82) is 0 Å².